The predicted molar refractivity (Wildman–Crippen MR) is 64.0 cm³/mol. The highest BCUT2D eigenvalue weighted by molar-refractivity contribution is 6.30. The summed E-state index contributed by atoms with van der Waals surface area (Å²) in [6, 6.07) is 9.98. The summed E-state index contributed by atoms with van der Waals surface area (Å²) < 4.78 is 13.7. The lowest BCUT2D eigenvalue weighted by Crippen LogP contribution is -1.94. The van der Waals surface area contributed by atoms with Crippen molar-refractivity contribution in [2.75, 3.05) is 0 Å². The summed E-state index contributed by atoms with van der Waals surface area (Å²) >= 11 is 5.85. The van der Waals surface area contributed by atoms with Crippen molar-refractivity contribution in [1.82, 2.24) is 4.98 Å². The maximum Gasteiger partial charge on any atom is 0.131 e. The smallest absolute Gasteiger partial charge is 0.131 e. The van der Waals surface area contributed by atoms with Crippen LogP contribution in [0.15, 0.2) is 36.5 Å². The Labute approximate surface area is 103 Å². The third-order valence-electron chi connectivity index (χ3n) is 2.35. The molecule has 0 aliphatic heterocycles. The highest BCUT2D eigenvalue weighted by Crippen LogP contribution is 2.27. The van der Waals surface area contributed by atoms with Crippen molar-refractivity contribution in [2.24, 2.45) is 0 Å². The zero-order valence-electron chi connectivity index (χ0n) is 8.82. The van der Waals surface area contributed by atoms with Gasteiger partial charge in [-0.05, 0) is 12.1 Å². The number of rotatable bonds is 2. The average molecular weight is 247 g/mol. The number of benzene rings is 1. The third-order valence-corrected chi connectivity index (χ3v) is 2.55. The van der Waals surface area contributed by atoms with E-state index >= 15 is 0 Å². The summed E-state index contributed by atoms with van der Waals surface area (Å²) in [4.78, 5) is 4.06. The molecule has 2 nitrogen and oxygen atoms in total. The maximum atomic E-state index is 13.7. The van der Waals surface area contributed by atoms with E-state index in [0.29, 0.717) is 21.8 Å². The Bertz CT molecular complexity index is 590. The molecule has 84 valence electrons. The Morgan fingerprint density at radius 3 is 2.76 bits per heavy atom. The first-order chi connectivity index (χ1) is 8.22. The molecule has 2 rings (SSSR count). The van der Waals surface area contributed by atoms with Gasteiger partial charge in [-0.1, -0.05) is 29.8 Å². The van der Waals surface area contributed by atoms with Gasteiger partial charge in [0.15, 0.2) is 0 Å². The summed E-state index contributed by atoms with van der Waals surface area (Å²) in [6.07, 6.45) is 1.58. The van der Waals surface area contributed by atoms with E-state index in [1.165, 1.54) is 12.3 Å². The molecule has 2 aromatic rings. The Morgan fingerprint density at radius 1 is 1.29 bits per heavy atom. The van der Waals surface area contributed by atoms with Crippen LogP contribution in [-0.4, -0.2) is 4.98 Å². The van der Waals surface area contributed by atoms with Gasteiger partial charge in [0.25, 0.3) is 0 Å². The van der Waals surface area contributed by atoms with E-state index in [1.807, 2.05) is 6.07 Å². The molecule has 4 heteroatoms. The van der Waals surface area contributed by atoms with Crippen LogP contribution in [0, 0.1) is 17.1 Å². The van der Waals surface area contributed by atoms with Crippen LogP contribution in [0.1, 0.15) is 5.69 Å². The average Bonchev–Trinajstić information content (AvgIpc) is 2.32. The van der Waals surface area contributed by atoms with Crippen molar-refractivity contribution in [1.29, 1.82) is 5.26 Å². The van der Waals surface area contributed by atoms with Gasteiger partial charge in [-0.2, -0.15) is 5.26 Å². The second-order valence-electron chi connectivity index (χ2n) is 3.46. The standard InChI is InChI=1S/C13H8ClFN2/c14-9-7-11(13(5-6-16)17-8-9)10-3-1-2-4-12(10)15/h1-4,7-8H,5H2. The maximum absolute atomic E-state index is 13.7. The summed E-state index contributed by atoms with van der Waals surface area (Å²) in [7, 11) is 0. The van der Waals surface area contributed by atoms with Crippen LogP contribution in [0.25, 0.3) is 11.1 Å². The number of hydrogen-bond acceptors (Lipinski definition) is 2. The third kappa shape index (κ3) is 2.43. The second-order valence-corrected chi connectivity index (χ2v) is 3.90. The molecule has 0 fully saturated rings. The van der Waals surface area contributed by atoms with Crippen LogP contribution >= 0.6 is 11.6 Å². The fraction of sp³-hybridized carbons (Fsp3) is 0.0769. The minimum Gasteiger partial charge on any atom is -0.258 e. The summed E-state index contributed by atoms with van der Waals surface area (Å²) in [6.45, 7) is 0. The monoisotopic (exact) mass is 246 g/mol. The summed E-state index contributed by atoms with van der Waals surface area (Å²) in [5.74, 6) is -0.351. The van der Waals surface area contributed by atoms with Crippen LogP contribution in [0.2, 0.25) is 5.02 Å². The van der Waals surface area contributed by atoms with Gasteiger partial charge < -0.3 is 0 Å². The minimum atomic E-state index is -0.351. The lowest BCUT2D eigenvalue weighted by Gasteiger charge is -2.07. The fourth-order valence-electron chi connectivity index (χ4n) is 1.60. The lowest BCUT2D eigenvalue weighted by molar-refractivity contribution is 0.631. The number of aromatic nitrogens is 1. The molecule has 1 heterocycles. The largest absolute Gasteiger partial charge is 0.258 e. The molecular formula is C13H8ClFN2. The zero-order chi connectivity index (χ0) is 12.3. The van der Waals surface area contributed by atoms with Crippen molar-refractivity contribution in [3.63, 3.8) is 0 Å². The van der Waals surface area contributed by atoms with Gasteiger partial charge >= 0.3 is 0 Å². The first kappa shape index (κ1) is 11.6. The molecule has 0 spiro atoms. The van der Waals surface area contributed by atoms with Crippen LogP contribution in [0.3, 0.4) is 0 Å². The predicted octanol–water partition coefficient (Wildman–Crippen LogP) is 3.61. The van der Waals surface area contributed by atoms with E-state index in [0.717, 1.165) is 0 Å². The van der Waals surface area contributed by atoms with Crippen molar-refractivity contribution < 1.29 is 4.39 Å². The lowest BCUT2D eigenvalue weighted by atomic mass is 10.0. The van der Waals surface area contributed by atoms with Crippen LogP contribution in [-0.2, 0) is 6.42 Å². The number of nitrogens with zero attached hydrogens (tertiary/aromatic N) is 2. The van der Waals surface area contributed by atoms with Gasteiger partial charge in [0.05, 0.1) is 23.2 Å². The van der Waals surface area contributed by atoms with Crippen molar-refractivity contribution in [3.05, 3.63) is 53.1 Å². The molecule has 17 heavy (non-hydrogen) atoms. The Kier molecular flexibility index (Phi) is 3.36. The van der Waals surface area contributed by atoms with Crippen molar-refractivity contribution in [2.45, 2.75) is 6.42 Å². The highest BCUT2D eigenvalue weighted by Gasteiger charge is 2.11. The normalized spacial score (nSPS) is 9.94. The van der Waals surface area contributed by atoms with E-state index in [-0.39, 0.29) is 12.2 Å². The molecule has 0 aliphatic carbocycles. The summed E-state index contributed by atoms with van der Waals surface area (Å²) in [5, 5.41) is 9.13. The first-order valence-electron chi connectivity index (χ1n) is 4.98. The Hall–Kier alpha value is -1.92. The second kappa shape index (κ2) is 4.94. The van der Waals surface area contributed by atoms with Gasteiger partial charge in [-0.3, -0.25) is 4.98 Å². The van der Waals surface area contributed by atoms with Gasteiger partial charge in [-0.15, -0.1) is 0 Å². The molecule has 0 amide bonds. The van der Waals surface area contributed by atoms with Crippen molar-refractivity contribution >= 4 is 11.6 Å². The topological polar surface area (TPSA) is 36.7 Å². The van der Waals surface area contributed by atoms with Crippen LogP contribution in [0.5, 0.6) is 0 Å². The van der Waals surface area contributed by atoms with E-state index in [2.05, 4.69) is 4.98 Å². The van der Waals surface area contributed by atoms with Crippen LogP contribution in [0.4, 0.5) is 4.39 Å². The molecule has 1 aromatic carbocycles. The number of nitriles is 1. The van der Waals surface area contributed by atoms with Gasteiger partial charge in [0.2, 0.25) is 0 Å². The molecule has 0 saturated heterocycles. The van der Waals surface area contributed by atoms with Crippen LogP contribution < -0.4 is 0 Å². The molecule has 0 N–H and O–H groups in total. The van der Waals surface area contributed by atoms with E-state index in [4.69, 9.17) is 16.9 Å². The van der Waals surface area contributed by atoms with Gasteiger partial charge in [-0.25, -0.2) is 4.39 Å². The molecular weight excluding hydrogens is 239 g/mol. The molecule has 0 unspecified atom stereocenters. The molecule has 0 atom stereocenters. The molecule has 1 aromatic heterocycles. The van der Waals surface area contributed by atoms with E-state index in [9.17, 15) is 4.39 Å². The van der Waals surface area contributed by atoms with Gasteiger partial charge in [0, 0.05) is 17.3 Å². The molecule has 0 saturated carbocycles. The number of hydrogen-bond donors (Lipinski definition) is 0. The minimum absolute atomic E-state index is 0.126. The SMILES string of the molecule is N#CCc1ncc(Cl)cc1-c1ccccc1F. The Morgan fingerprint density at radius 2 is 2.06 bits per heavy atom. The summed E-state index contributed by atoms with van der Waals surface area (Å²) in [5.41, 5.74) is 1.51. The molecule has 0 aliphatic rings. The first-order valence-corrected chi connectivity index (χ1v) is 5.36. The fourth-order valence-corrected chi connectivity index (χ4v) is 1.75. The highest BCUT2D eigenvalue weighted by atomic mass is 35.5. The number of pyridine rings is 1. The van der Waals surface area contributed by atoms with Crippen molar-refractivity contribution in [3.8, 4) is 17.2 Å². The van der Waals surface area contributed by atoms with Gasteiger partial charge in [0.1, 0.15) is 5.82 Å². The zero-order valence-corrected chi connectivity index (χ0v) is 9.58. The quantitative estimate of drug-likeness (QED) is 0.812. The molecule has 0 radical (unpaired) electrons. The van der Waals surface area contributed by atoms with E-state index < -0.39 is 0 Å². The molecule has 0 bridgehead atoms. The Balaban J connectivity index is 2.62. The van der Waals surface area contributed by atoms with E-state index in [1.54, 1.807) is 24.3 Å². The number of halogens is 2.